The van der Waals surface area contributed by atoms with E-state index in [1.807, 2.05) is 36.4 Å². The Hall–Kier alpha value is -3.23. The molecule has 3 rings (SSSR count). The van der Waals surface area contributed by atoms with Crippen LogP contribution in [0.2, 0.25) is 0 Å². The van der Waals surface area contributed by atoms with Gasteiger partial charge in [0.25, 0.3) is 5.91 Å². The first-order valence-corrected chi connectivity index (χ1v) is 9.91. The third-order valence-corrected chi connectivity index (χ3v) is 5.14. The third kappa shape index (κ3) is 4.54. The van der Waals surface area contributed by atoms with E-state index in [1.54, 1.807) is 19.5 Å². The number of carbonyl (C=O) groups is 1. The molecule has 1 aromatic heterocycles. The lowest BCUT2D eigenvalue weighted by Gasteiger charge is -2.20. The number of sulfonamides is 1. The first-order chi connectivity index (χ1) is 13.4. The largest absolute Gasteiger partial charge is 0.497 e. The summed E-state index contributed by atoms with van der Waals surface area (Å²) in [6.45, 7) is 0. The summed E-state index contributed by atoms with van der Waals surface area (Å²) in [4.78, 5) is 16.7. The highest BCUT2D eigenvalue weighted by molar-refractivity contribution is 7.89. The van der Waals surface area contributed by atoms with E-state index in [9.17, 15) is 13.2 Å². The summed E-state index contributed by atoms with van der Waals surface area (Å²) in [5.74, 6) is 0.362. The van der Waals surface area contributed by atoms with Gasteiger partial charge in [0.15, 0.2) is 0 Å². The van der Waals surface area contributed by atoms with Crippen molar-refractivity contribution in [1.29, 1.82) is 0 Å². The van der Waals surface area contributed by atoms with Crippen molar-refractivity contribution in [1.82, 2.24) is 10.3 Å². The molecule has 0 saturated carbocycles. The summed E-state index contributed by atoms with van der Waals surface area (Å²) in [6.07, 6.45) is 3.30. The molecule has 2 aromatic carbocycles. The molecule has 3 aromatic rings. The van der Waals surface area contributed by atoms with Gasteiger partial charge in [-0.05, 0) is 59.7 Å². The Balaban J connectivity index is 1.89. The highest BCUT2D eigenvalue weighted by Crippen LogP contribution is 2.24. The first-order valence-electron chi connectivity index (χ1n) is 8.36. The molecule has 8 heteroatoms. The fourth-order valence-electron chi connectivity index (χ4n) is 2.72. The molecule has 1 amide bonds. The Labute approximate surface area is 163 Å². The normalized spacial score (nSPS) is 12.2. The van der Waals surface area contributed by atoms with Gasteiger partial charge in [0.1, 0.15) is 5.75 Å². The molecule has 1 heterocycles. The van der Waals surface area contributed by atoms with Crippen molar-refractivity contribution in [3.63, 3.8) is 0 Å². The summed E-state index contributed by atoms with van der Waals surface area (Å²) in [5.41, 5.74) is 2.04. The molecular weight excluding hydrogens is 378 g/mol. The van der Waals surface area contributed by atoms with E-state index in [4.69, 9.17) is 9.88 Å². The van der Waals surface area contributed by atoms with Gasteiger partial charge in [-0.3, -0.25) is 9.78 Å². The van der Waals surface area contributed by atoms with E-state index in [2.05, 4.69) is 10.3 Å². The Morgan fingerprint density at radius 2 is 1.54 bits per heavy atom. The number of pyridine rings is 1. The number of hydrogen-bond donors (Lipinski definition) is 2. The van der Waals surface area contributed by atoms with Gasteiger partial charge in [0.05, 0.1) is 18.0 Å². The molecule has 0 aliphatic rings. The second-order valence-corrected chi connectivity index (χ2v) is 7.59. The molecule has 0 spiro atoms. The van der Waals surface area contributed by atoms with Crippen molar-refractivity contribution >= 4 is 15.9 Å². The van der Waals surface area contributed by atoms with Crippen molar-refractivity contribution in [3.05, 3.63) is 89.7 Å². The minimum Gasteiger partial charge on any atom is -0.497 e. The number of rotatable bonds is 6. The maximum absolute atomic E-state index is 12.8. The second-order valence-electron chi connectivity index (χ2n) is 6.03. The number of benzene rings is 2. The van der Waals surface area contributed by atoms with Gasteiger partial charge in [0, 0.05) is 18.0 Å². The van der Waals surface area contributed by atoms with Crippen molar-refractivity contribution in [3.8, 4) is 5.75 Å². The average Bonchev–Trinajstić information content (AvgIpc) is 2.72. The fourth-order valence-corrected chi connectivity index (χ4v) is 3.24. The van der Waals surface area contributed by atoms with Crippen LogP contribution in [0.4, 0.5) is 0 Å². The quantitative estimate of drug-likeness (QED) is 0.663. The predicted octanol–water partition coefficient (Wildman–Crippen LogP) is 2.26. The maximum atomic E-state index is 12.8. The zero-order valence-corrected chi connectivity index (χ0v) is 15.9. The molecular formula is C20H19N3O4S. The predicted molar refractivity (Wildman–Crippen MR) is 104 cm³/mol. The molecule has 144 valence electrons. The van der Waals surface area contributed by atoms with E-state index in [0.29, 0.717) is 11.3 Å². The number of hydrogen-bond acceptors (Lipinski definition) is 5. The van der Waals surface area contributed by atoms with Gasteiger partial charge < -0.3 is 10.1 Å². The number of ether oxygens (including phenoxy) is 1. The number of carbonyl (C=O) groups excluding carboxylic acids is 1. The van der Waals surface area contributed by atoms with Crippen LogP contribution in [0.5, 0.6) is 5.75 Å². The zero-order chi connectivity index (χ0) is 20.1. The SMILES string of the molecule is COc1ccc(C(NC(=O)c2ccc(S(N)(=O)=O)cc2)c2ccncc2)cc1. The van der Waals surface area contributed by atoms with Crippen molar-refractivity contribution < 1.29 is 17.9 Å². The third-order valence-electron chi connectivity index (χ3n) is 4.21. The Morgan fingerprint density at radius 3 is 2.07 bits per heavy atom. The summed E-state index contributed by atoms with van der Waals surface area (Å²) in [7, 11) is -2.23. The topological polar surface area (TPSA) is 111 Å². The molecule has 1 atom stereocenters. The van der Waals surface area contributed by atoms with Gasteiger partial charge in [-0.1, -0.05) is 12.1 Å². The van der Waals surface area contributed by atoms with E-state index >= 15 is 0 Å². The van der Waals surface area contributed by atoms with Gasteiger partial charge in [0.2, 0.25) is 10.0 Å². The van der Waals surface area contributed by atoms with Crippen molar-refractivity contribution in [2.75, 3.05) is 7.11 Å². The minimum absolute atomic E-state index is 0.0510. The molecule has 7 nitrogen and oxygen atoms in total. The maximum Gasteiger partial charge on any atom is 0.252 e. The molecule has 0 fully saturated rings. The minimum atomic E-state index is -3.81. The Kier molecular flexibility index (Phi) is 5.72. The van der Waals surface area contributed by atoms with Crippen LogP contribution in [0.1, 0.15) is 27.5 Å². The number of nitrogens with one attached hydrogen (secondary N) is 1. The first kappa shape index (κ1) is 19.5. The summed E-state index contributed by atoms with van der Waals surface area (Å²) < 4.78 is 27.9. The number of amides is 1. The smallest absolute Gasteiger partial charge is 0.252 e. The van der Waals surface area contributed by atoms with Crippen molar-refractivity contribution in [2.45, 2.75) is 10.9 Å². The lowest BCUT2D eigenvalue weighted by Crippen LogP contribution is -2.29. The summed E-state index contributed by atoms with van der Waals surface area (Å²) in [6, 6.07) is 16.0. The van der Waals surface area contributed by atoms with Gasteiger partial charge in [-0.25, -0.2) is 13.6 Å². The fraction of sp³-hybridized carbons (Fsp3) is 0.100. The zero-order valence-electron chi connectivity index (χ0n) is 15.1. The van der Waals surface area contributed by atoms with Gasteiger partial charge in [-0.15, -0.1) is 0 Å². The molecule has 0 saturated heterocycles. The monoisotopic (exact) mass is 397 g/mol. The molecule has 3 N–H and O–H groups in total. The summed E-state index contributed by atoms with van der Waals surface area (Å²) >= 11 is 0. The highest BCUT2D eigenvalue weighted by atomic mass is 32.2. The lowest BCUT2D eigenvalue weighted by molar-refractivity contribution is 0.0943. The van der Waals surface area contributed by atoms with Crippen LogP contribution in [0.3, 0.4) is 0 Å². The second kappa shape index (κ2) is 8.20. The molecule has 0 aliphatic heterocycles. The van der Waals surface area contributed by atoms with E-state index in [1.165, 1.54) is 24.3 Å². The number of primary sulfonamides is 1. The summed E-state index contributed by atoms with van der Waals surface area (Å²) in [5, 5.41) is 8.07. The van der Waals surface area contributed by atoms with Crippen LogP contribution in [-0.4, -0.2) is 26.4 Å². The van der Waals surface area contributed by atoms with E-state index in [0.717, 1.165) is 11.1 Å². The molecule has 1 unspecified atom stereocenters. The highest BCUT2D eigenvalue weighted by Gasteiger charge is 2.18. The van der Waals surface area contributed by atoms with Crippen LogP contribution >= 0.6 is 0 Å². The molecule has 0 radical (unpaired) electrons. The van der Waals surface area contributed by atoms with Crippen LogP contribution in [-0.2, 0) is 10.0 Å². The van der Waals surface area contributed by atoms with Crippen LogP contribution in [0.25, 0.3) is 0 Å². The standard InChI is InChI=1S/C20H19N3O4S/c1-27-17-6-2-14(3-7-17)19(15-10-12-22-13-11-15)23-20(24)16-4-8-18(9-5-16)28(21,25)26/h2-13,19H,1H3,(H,23,24)(H2,21,25,26). The van der Waals surface area contributed by atoms with E-state index < -0.39 is 16.1 Å². The molecule has 0 aliphatic carbocycles. The van der Waals surface area contributed by atoms with Crippen LogP contribution in [0.15, 0.2) is 78.0 Å². The molecule has 0 bridgehead atoms. The van der Waals surface area contributed by atoms with Gasteiger partial charge in [-0.2, -0.15) is 0 Å². The van der Waals surface area contributed by atoms with Crippen LogP contribution < -0.4 is 15.2 Å². The number of aromatic nitrogens is 1. The van der Waals surface area contributed by atoms with Crippen molar-refractivity contribution in [2.24, 2.45) is 5.14 Å². The van der Waals surface area contributed by atoms with E-state index in [-0.39, 0.29) is 10.8 Å². The number of nitrogens with two attached hydrogens (primary N) is 1. The number of nitrogens with zero attached hydrogens (tertiary/aromatic N) is 1. The number of methoxy groups -OCH3 is 1. The Morgan fingerprint density at radius 1 is 0.964 bits per heavy atom. The average molecular weight is 397 g/mol. The van der Waals surface area contributed by atoms with Gasteiger partial charge >= 0.3 is 0 Å². The van der Waals surface area contributed by atoms with Crippen LogP contribution in [0, 0.1) is 0 Å². The lowest BCUT2D eigenvalue weighted by atomic mass is 9.99. The molecule has 28 heavy (non-hydrogen) atoms. The Bertz CT molecular complexity index is 1050.